The summed E-state index contributed by atoms with van der Waals surface area (Å²) < 4.78 is 11.0. The summed E-state index contributed by atoms with van der Waals surface area (Å²) in [6.07, 6.45) is 1.80. The lowest BCUT2D eigenvalue weighted by molar-refractivity contribution is 0.345. The third kappa shape index (κ3) is 4.33. The second-order valence-corrected chi connectivity index (χ2v) is 5.27. The average Bonchev–Trinajstić information content (AvgIpc) is 2.84. The lowest BCUT2D eigenvalue weighted by atomic mass is 10.3. The Kier molecular flexibility index (Phi) is 5.35. The van der Waals surface area contributed by atoms with Crippen molar-refractivity contribution in [2.24, 2.45) is 0 Å². The van der Waals surface area contributed by atoms with Gasteiger partial charge in [-0.2, -0.15) is 11.8 Å². The monoisotopic (exact) mass is 296 g/mol. The first-order chi connectivity index (χ1) is 9.29. The van der Waals surface area contributed by atoms with E-state index in [0.717, 1.165) is 28.7 Å². The van der Waals surface area contributed by atoms with E-state index in [-0.39, 0.29) is 0 Å². The number of hydrogen-bond donors (Lipinski definition) is 2. The van der Waals surface area contributed by atoms with Crippen molar-refractivity contribution < 1.29 is 9.15 Å². The van der Waals surface area contributed by atoms with Gasteiger partial charge in [0.05, 0.1) is 18.0 Å². The Labute approximate surface area is 121 Å². The molecule has 0 saturated heterocycles. The molecule has 0 spiro atoms. The van der Waals surface area contributed by atoms with Gasteiger partial charge in [0.1, 0.15) is 11.5 Å². The number of thioether (sulfide) groups is 1. The third-order valence-corrected chi connectivity index (χ3v) is 3.61. The van der Waals surface area contributed by atoms with E-state index in [2.05, 4.69) is 10.3 Å². The highest BCUT2D eigenvalue weighted by Crippen LogP contribution is 2.23. The molecular weight excluding hydrogens is 280 g/mol. The van der Waals surface area contributed by atoms with Gasteiger partial charge >= 0.3 is 0 Å². The van der Waals surface area contributed by atoms with Gasteiger partial charge in [0.25, 0.3) is 4.84 Å². The summed E-state index contributed by atoms with van der Waals surface area (Å²) in [5, 5.41) is 3.10. The van der Waals surface area contributed by atoms with Crippen LogP contribution in [0.15, 0.2) is 34.9 Å². The van der Waals surface area contributed by atoms with E-state index in [0.29, 0.717) is 11.4 Å². The smallest absolute Gasteiger partial charge is 0.266 e. The van der Waals surface area contributed by atoms with Gasteiger partial charge < -0.3 is 19.5 Å². The van der Waals surface area contributed by atoms with Gasteiger partial charge in [-0.15, -0.1) is 0 Å². The molecule has 0 atom stereocenters. The molecule has 2 aromatic rings. The first kappa shape index (κ1) is 14.0. The fraction of sp³-hybridized carbons (Fsp3) is 0.308. The molecule has 0 bridgehead atoms. The number of benzene rings is 1. The minimum Gasteiger partial charge on any atom is -0.491 e. The molecule has 1 aromatic carbocycles. The second kappa shape index (κ2) is 7.25. The van der Waals surface area contributed by atoms with Crippen LogP contribution in [0.5, 0.6) is 5.75 Å². The highest BCUT2D eigenvalue weighted by atomic mass is 32.2. The van der Waals surface area contributed by atoms with Crippen LogP contribution in [0.4, 0.5) is 5.69 Å². The molecule has 0 amide bonds. The number of nitrogens with one attached hydrogen (secondary N) is 2. The highest BCUT2D eigenvalue weighted by molar-refractivity contribution is 7.98. The van der Waals surface area contributed by atoms with Crippen LogP contribution in [0.3, 0.4) is 0 Å². The highest BCUT2D eigenvalue weighted by Gasteiger charge is 2.01. The number of aromatic nitrogens is 1. The molecule has 0 aliphatic heterocycles. The quantitative estimate of drug-likeness (QED) is 0.603. The van der Waals surface area contributed by atoms with E-state index >= 15 is 0 Å². The van der Waals surface area contributed by atoms with E-state index in [1.165, 1.54) is 0 Å². The van der Waals surface area contributed by atoms with Crippen LogP contribution < -0.4 is 10.1 Å². The maximum absolute atomic E-state index is 5.73. The van der Waals surface area contributed by atoms with Gasteiger partial charge in [0.2, 0.25) is 0 Å². The van der Waals surface area contributed by atoms with Gasteiger partial charge in [0.15, 0.2) is 0 Å². The Balaban J connectivity index is 1.70. The molecule has 2 rings (SSSR count). The summed E-state index contributed by atoms with van der Waals surface area (Å²) in [6.45, 7) is 0.661. The normalized spacial score (nSPS) is 10.4. The van der Waals surface area contributed by atoms with E-state index in [1.54, 1.807) is 18.0 Å². The summed E-state index contributed by atoms with van der Waals surface area (Å²) >= 11 is 6.61. The van der Waals surface area contributed by atoms with Gasteiger partial charge in [-0.3, -0.25) is 0 Å². The summed E-state index contributed by atoms with van der Waals surface area (Å²) in [5.74, 6) is 3.44. The van der Waals surface area contributed by atoms with Crippen LogP contribution in [0.1, 0.15) is 5.76 Å². The number of aromatic amines is 1. The Morgan fingerprint density at radius 2 is 2.26 bits per heavy atom. The largest absolute Gasteiger partial charge is 0.491 e. The summed E-state index contributed by atoms with van der Waals surface area (Å²) in [6, 6.07) is 7.90. The summed E-state index contributed by atoms with van der Waals surface area (Å²) in [7, 11) is 1.89. The van der Waals surface area contributed by atoms with Crippen molar-refractivity contribution in [3.8, 4) is 5.75 Å². The van der Waals surface area contributed by atoms with Crippen molar-refractivity contribution in [2.45, 2.75) is 5.75 Å². The number of oxazole rings is 1. The van der Waals surface area contributed by atoms with Crippen LogP contribution in [-0.2, 0) is 5.75 Å². The molecule has 4 nitrogen and oxygen atoms in total. The van der Waals surface area contributed by atoms with Gasteiger partial charge in [-0.1, -0.05) is 12.1 Å². The Morgan fingerprint density at radius 3 is 3.00 bits per heavy atom. The van der Waals surface area contributed by atoms with Gasteiger partial charge in [-0.25, -0.2) is 0 Å². The molecule has 102 valence electrons. The van der Waals surface area contributed by atoms with Gasteiger partial charge in [-0.05, 0) is 24.4 Å². The molecule has 0 radical (unpaired) electrons. The summed E-state index contributed by atoms with van der Waals surface area (Å²) in [4.78, 5) is 3.27. The Hall–Kier alpha value is -1.40. The predicted molar refractivity (Wildman–Crippen MR) is 81.5 cm³/mol. The lowest BCUT2D eigenvalue weighted by Crippen LogP contribution is -2.02. The first-order valence-corrected chi connectivity index (χ1v) is 7.50. The van der Waals surface area contributed by atoms with E-state index < -0.39 is 0 Å². The van der Waals surface area contributed by atoms with Gasteiger partial charge in [0, 0.05) is 19.0 Å². The summed E-state index contributed by atoms with van der Waals surface area (Å²) in [5.41, 5.74) is 1.00. The minimum absolute atomic E-state index is 0.426. The fourth-order valence-electron chi connectivity index (χ4n) is 1.57. The zero-order chi connectivity index (χ0) is 13.5. The predicted octanol–water partition coefficient (Wildman–Crippen LogP) is 3.69. The standard InChI is InChI=1S/C13H16N2O2S2/c1-14-11-4-2-3-5-12(11)16-6-7-19-9-10-8-15-13(18)17-10/h2-5,8,14H,6-7,9H2,1H3,(H,15,18). The molecular formula is C13H16N2O2S2. The maximum Gasteiger partial charge on any atom is 0.266 e. The number of H-pyrrole nitrogens is 1. The SMILES string of the molecule is CNc1ccccc1OCCSCc1c[nH]c(=S)o1. The lowest BCUT2D eigenvalue weighted by Gasteiger charge is -2.10. The molecule has 0 unspecified atom stereocenters. The molecule has 19 heavy (non-hydrogen) atoms. The zero-order valence-corrected chi connectivity index (χ0v) is 12.3. The molecule has 1 heterocycles. The van der Waals surface area contributed by atoms with Crippen LogP contribution in [-0.4, -0.2) is 24.4 Å². The van der Waals surface area contributed by atoms with Crippen molar-refractivity contribution in [1.82, 2.24) is 4.98 Å². The van der Waals surface area contributed by atoms with Crippen molar-refractivity contribution in [3.05, 3.63) is 41.1 Å². The molecule has 0 aliphatic rings. The molecule has 2 N–H and O–H groups in total. The van der Waals surface area contributed by atoms with Crippen LogP contribution in [0.25, 0.3) is 0 Å². The fourth-order valence-corrected chi connectivity index (χ4v) is 2.43. The molecule has 1 aromatic heterocycles. The molecule has 6 heteroatoms. The van der Waals surface area contributed by atoms with Crippen LogP contribution >= 0.6 is 24.0 Å². The number of hydrogen-bond acceptors (Lipinski definition) is 5. The first-order valence-electron chi connectivity index (χ1n) is 5.94. The van der Waals surface area contributed by atoms with Crippen molar-refractivity contribution in [3.63, 3.8) is 0 Å². The van der Waals surface area contributed by atoms with Crippen LogP contribution in [0, 0.1) is 4.84 Å². The minimum atomic E-state index is 0.426. The van der Waals surface area contributed by atoms with Crippen molar-refractivity contribution in [2.75, 3.05) is 24.7 Å². The van der Waals surface area contributed by atoms with E-state index in [4.69, 9.17) is 21.4 Å². The van der Waals surface area contributed by atoms with E-state index in [9.17, 15) is 0 Å². The zero-order valence-electron chi connectivity index (χ0n) is 10.6. The number of para-hydroxylation sites is 2. The molecule has 0 saturated carbocycles. The van der Waals surface area contributed by atoms with E-state index in [1.807, 2.05) is 31.3 Å². The number of anilines is 1. The Morgan fingerprint density at radius 1 is 1.42 bits per heavy atom. The van der Waals surface area contributed by atoms with Crippen molar-refractivity contribution >= 4 is 29.7 Å². The average molecular weight is 296 g/mol. The topological polar surface area (TPSA) is 50.2 Å². The van der Waals surface area contributed by atoms with Crippen LogP contribution in [0.2, 0.25) is 0 Å². The molecule has 0 fully saturated rings. The number of rotatable bonds is 7. The Bertz CT molecular complexity index is 566. The number of ether oxygens (including phenoxy) is 1. The molecule has 0 aliphatic carbocycles. The van der Waals surface area contributed by atoms with Crippen molar-refractivity contribution in [1.29, 1.82) is 0 Å². The maximum atomic E-state index is 5.73. The second-order valence-electron chi connectivity index (χ2n) is 3.79. The third-order valence-electron chi connectivity index (χ3n) is 2.46.